The summed E-state index contributed by atoms with van der Waals surface area (Å²) in [4.78, 5) is 4.90. The average Bonchev–Trinajstić information content (AvgIpc) is 2.83. The second-order valence-electron chi connectivity index (χ2n) is 8.77. The molecule has 4 nitrogen and oxygen atoms in total. The normalized spacial score (nSPS) is 16.2. The highest BCUT2D eigenvalue weighted by molar-refractivity contribution is 5.34. The standard InChI is InChI=1S/C28H34N2O2/c1-22-13-14-27(19-23(22)2)32-21-26(31)20-29-15-17-30(18-16-29)28(24-9-5-3-6-10-24)25-11-7-4-8-12-25/h3-14,19,26,28,31H,15-18,20-21H2,1-2H3/t26-/m0/s1. The fourth-order valence-electron chi connectivity index (χ4n) is 4.44. The van der Waals surface area contributed by atoms with Gasteiger partial charge in [0.15, 0.2) is 0 Å². The van der Waals surface area contributed by atoms with Gasteiger partial charge in [-0.05, 0) is 48.2 Å². The Labute approximate surface area is 192 Å². The number of hydrogen-bond acceptors (Lipinski definition) is 4. The molecule has 1 aliphatic heterocycles. The van der Waals surface area contributed by atoms with Gasteiger partial charge in [0.2, 0.25) is 0 Å². The Hall–Kier alpha value is -2.66. The first-order valence-corrected chi connectivity index (χ1v) is 11.5. The van der Waals surface area contributed by atoms with Crippen LogP contribution in [0.5, 0.6) is 5.75 Å². The Morgan fingerprint density at radius 2 is 1.38 bits per heavy atom. The number of benzene rings is 3. The summed E-state index contributed by atoms with van der Waals surface area (Å²) in [6, 6.07) is 27.8. The molecule has 4 heteroatoms. The van der Waals surface area contributed by atoms with E-state index in [1.807, 2.05) is 12.1 Å². The van der Waals surface area contributed by atoms with Crippen molar-refractivity contribution in [2.45, 2.75) is 26.0 Å². The number of aliphatic hydroxyl groups is 1. The van der Waals surface area contributed by atoms with Crippen molar-refractivity contribution >= 4 is 0 Å². The number of aliphatic hydroxyl groups excluding tert-OH is 1. The summed E-state index contributed by atoms with van der Waals surface area (Å²) in [5.74, 6) is 0.825. The third-order valence-corrected chi connectivity index (χ3v) is 6.39. The van der Waals surface area contributed by atoms with Crippen molar-refractivity contribution < 1.29 is 9.84 Å². The van der Waals surface area contributed by atoms with Crippen LogP contribution in [0.15, 0.2) is 78.9 Å². The van der Waals surface area contributed by atoms with Crippen LogP contribution in [0.2, 0.25) is 0 Å². The molecule has 0 saturated carbocycles. The molecule has 0 aliphatic carbocycles. The molecule has 1 saturated heterocycles. The number of aryl methyl sites for hydroxylation is 2. The van der Waals surface area contributed by atoms with Gasteiger partial charge in [0.1, 0.15) is 18.5 Å². The zero-order chi connectivity index (χ0) is 22.3. The van der Waals surface area contributed by atoms with Gasteiger partial charge in [-0.15, -0.1) is 0 Å². The van der Waals surface area contributed by atoms with Crippen LogP contribution in [0.3, 0.4) is 0 Å². The maximum atomic E-state index is 10.5. The number of ether oxygens (including phenoxy) is 1. The van der Waals surface area contributed by atoms with E-state index in [0.717, 1.165) is 31.9 Å². The number of rotatable bonds is 8. The molecule has 0 amide bonds. The Bertz CT molecular complexity index is 930. The average molecular weight is 431 g/mol. The molecule has 3 aromatic carbocycles. The summed E-state index contributed by atoms with van der Waals surface area (Å²) in [6.07, 6.45) is -0.498. The van der Waals surface area contributed by atoms with Gasteiger partial charge in [0.25, 0.3) is 0 Å². The van der Waals surface area contributed by atoms with Crippen LogP contribution in [0.4, 0.5) is 0 Å². The molecule has 1 fully saturated rings. The molecule has 4 rings (SSSR count). The van der Waals surface area contributed by atoms with Crippen LogP contribution >= 0.6 is 0 Å². The number of piperazine rings is 1. The minimum Gasteiger partial charge on any atom is -0.491 e. The number of β-amino-alcohol motifs (C(OH)–C–C–N with tert-alkyl or cyclic N) is 1. The van der Waals surface area contributed by atoms with E-state index in [4.69, 9.17) is 4.74 Å². The Balaban J connectivity index is 1.32. The molecule has 0 aromatic heterocycles. The van der Waals surface area contributed by atoms with Crippen LogP contribution in [0.1, 0.15) is 28.3 Å². The van der Waals surface area contributed by atoms with E-state index >= 15 is 0 Å². The summed E-state index contributed by atoms with van der Waals surface area (Å²) in [5.41, 5.74) is 5.11. The van der Waals surface area contributed by atoms with E-state index in [0.29, 0.717) is 13.2 Å². The molecule has 0 bridgehead atoms. The zero-order valence-corrected chi connectivity index (χ0v) is 19.2. The summed E-state index contributed by atoms with van der Waals surface area (Å²) in [6.45, 7) is 8.95. The molecule has 1 heterocycles. The van der Waals surface area contributed by atoms with Crippen LogP contribution in [0, 0.1) is 13.8 Å². The maximum Gasteiger partial charge on any atom is 0.119 e. The summed E-state index contributed by atoms with van der Waals surface area (Å²) in [7, 11) is 0. The van der Waals surface area contributed by atoms with E-state index in [2.05, 4.69) is 90.4 Å². The SMILES string of the molecule is Cc1ccc(OC[C@@H](O)CN2CCN(C(c3ccccc3)c3ccccc3)CC2)cc1C. The van der Waals surface area contributed by atoms with Gasteiger partial charge in [-0.3, -0.25) is 9.80 Å². The Kier molecular flexibility index (Phi) is 7.59. The second-order valence-corrected chi connectivity index (χ2v) is 8.77. The smallest absolute Gasteiger partial charge is 0.119 e. The molecule has 3 aromatic rings. The van der Waals surface area contributed by atoms with Gasteiger partial charge in [-0.2, -0.15) is 0 Å². The van der Waals surface area contributed by atoms with Crippen LogP contribution in [0.25, 0.3) is 0 Å². The first-order valence-electron chi connectivity index (χ1n) is 11.5. The monoisotopic (exact) mass is 430 g/mol. The van der Waals surface area contributed by atoms with Gasteiger partial charge in [-0.25, -0.2) is 0 Å². The predicted molar refractivity (Wildman–Crippen MR) is 130 cm³/mol. The van der Waals surface area contributed by atoms with E-state index in [1.54, 1.807) is 0 Å². The molecule has 1 atom stereocenters. The van der Waals surface area contributed by atoms with Crippen molar-refractivity contribution in [1.82, 2.24) is 9.80 Å². The van der Waals surface area contributed by atoms with Gasteiger partial charge in [0.05, 0.1) is 6.04 Å². The van der Waals surface area contributed by atoms with E-state index in [9.17, 15) is 5.11 Å². The van der Waals surface area contributed by atoms with Gasteiger partial charge in [0, 0.05) is 32.7 Å². The van der Waals surface area contributed by atoms with Crippen molar-refractivity contribution in [3.63, 3.8) is 0 Å². The molecular formula is C28H34N2O2. The van der Waals surface area contributed by atoms with Crippen molar-refractivity contribution in [2.24, 2.45) is 0 Å². The third kappa shape index (κ3) is 5.77. The lowest BCUT2D eigenvalue weighted by Gasteiger charge is -2.40. The van der Waals surface area contributed by atoms with Gasteiger partial charge < -0.3 is 9.84 Å². The highest BCUT2D eigenvalue weighted by Crippen LogP contribution is 2.29. The third-order valence-electron chi connectivity index (χ3n) is 6.39. The molecule has 168 valence electrons. The molecule has 0 spiro atoms. The van der Waals surface area contributed by atoms with E-state index < -0.39 is 6.10 Å². The fourth-order valence-corrected chi connectivity index (χ4v) is 4.44. The lowest BCUT2D eigenvalue weighted by molar-refractivity contribution is 0.0401. The molecular weight excluding hydrogens is 396 g/mol. The maximum absolute atomic E-state index is 10.5. The Morgan fingerprint density at radius 3 is 1.94 bits per heavy atom. The predicted octanol–water partition coefficient (Wildman–Crippen LogP) is 4.45. The van der Waals surface area contributed by atoms with Crippen LogP contribution in [-0.4, -0.2) is 60.3 Å². The summed E-state index contributed by atoms with van der Waals surface area (Å²) < 4.78 is 5.83. The first-order chi connectivity index (χ1) is 15.6. The first kappa shape index (κ1) is 22.5. The quantitative estimate of drug-likeness (QED) is 0.573. The van der Waals surface area contributed by atoms with Crippen molar-refractivity contribution in [2.75, 3.05) is 39.3 Å². The highest BCUT2D eigenvalue weighted by atomic mass is 16.5. The fraction of sp³-hybridized carbons (Fsp3) is 0.357. The van der Waals surface area contributed by atoms with Crippen LogP contribution in [-0.2, 0) is 0 Å². The Morgan fingerprint density at radius 1 is 0.781 bits per heavy atom. The molecule has 0 unspecified atom stereocenters. The highest BCUT2D eigenvalue weighted by Gasteiger charge is 2.27. The lowest BCUT2D eigenvalue weighted by atomic mass is 9.96. The van der Waals surface area contributed by atoms with Gasteiger partial charge in [-0.1, -0.05) is 66.7 Å². The van der Waals surface area contributed by atoms with E-state index in [-0.39, 0.29) is 6.04 Å². The molecule has 32 heavy (non-hydrogen) atoms. The summed E-state index contributed by atoms with van der Waals surface area (Å²) in [5, 5.41) is 10.5. The largest absolute Gasteiger partial charge is 0.491 e. The van der Waals surface area contributed by atoms with Crippen molar-refractivity contribution in [3.05, 3.63) is 101 Å². The summed E-state index contributed by atoms with van der Waals surface area (Å²) >= 11 is 0. The van der Waals surface area contributed by atoms with E-state index in [1.165, 1.54) is 22.3 Å². The molecule has 1 aliphatic rings. The van der Waals surface area contributed by atoms with Gasteiger partial charge >= 0.3 is 0 Å². The number of nitrogens with zero attached hydrogens (tertiary/aromatic N) is 2. The van der Waals surface area contributed by atoms with Crippen molar-refractivity contribution in [1.29, 1.82) is 0 Å². The molecule has 0 radical (unpaired) electrons. The second kappa shape index (κ2) is 10.8. The molecule has 1 N–H and O–H groups in total. The topological polar surface area (TPSA) is 35.9 Å². The van der Waals surface area contributed by atoms with Crippen LogP contribution < -0.4 is 4.74 Å². The minimum atomic E-state index is -0.498. The zero-order valence-electron chi connectivity index (χ0n) is 19.2. The number of hydrogen-bond donors (Lipinski definition) is 1. The van der Waals surface area contributed by atoms with Crippen molar-refractivity contribution in [3.8, 4) is 5.75 Å². The minimum absolute atomic E-state index is 0.262. The lowest BCUT2D eigenvalue weighted by Crippen LogP contribution is -2.50.